The van der Waals surface area contributed by atoms with Gasteiger partial charge in [0.1, 0.15) is 12.5 Å². The predicted molar refractivity (Wildman–Crippen MR) is 74.2 cm³/mol. The van der Waals surface area contributed by atoms with Crippen LogP contribution in [0, 0.1) is 24.2 Å². The molecule has 18 heavy (non-hydrogen) atoms. The van der Waals surface area contributed by atoms with E-state index in [-0.39, 0.29) is 0 Å². The largest absolute Gasteiger partial charge is 0.478 e. The van der Waals surface area contributed by atoms with E-state index in [4.69, 9.17) is 4.74 Å². The maximum atomic E-state index is 5.74. The summed E-state index contributed by atoms with van der Waals surface area (Å²) in [6.45, 7) is 4.91. The molecule has 0 bridgehead atoms. The Morgan fingerprint density at radius 2 is 1.78 bits per heavy atom. The molecule has 2 aliphatic rings. The molecule has 2 atom stereocenters. The van der Waals surface area contributed by atoms with Gasteiger partial charge in [0.15, 0.2) is 0 Å². The topological polar surface area (TPSA) is 12.5 Å². The second kappa shape index (κ2) is 6.47. The molecule has 1 saturated carbocycles. The van der Waals surface area contributed by atoms with Crippen molar-refractivity contribution in [3.8, 4) is 18.1 Å². The monoisotopic (exact) mass is 243 g/mol. The molecule has 1 aromatic rings. The number of rotatable bonds is 3. The molecule has 1 aromatic carbocycles. The second-order valence-electron chi connectivity index (χ2n) is 5.01. The van der Waals surface area contributed by atoms with Crippen molar-refractivity contribution in [3.63, 3.8) is 0 Å². The zero-order valence-corrected chi connectivity index (χ0v) is 11.0. The Balaban J connectivity index is 0.000000367. The molecular weight excluding hydrogens is 222 g/mol. The van der Waals surface area contributed by atoms with Crippen LogP contribution in [0.25, 0.3) is 0 Å². The van der Waals surface area contributed by atoms with Crippen LogP contribution in [-0.4, -0.2) is 24.7 Å². The maximum absolute atomic E-state index is 5.74. The maximum Gasteiger partial charge on any atom is 0.142 e. The summed E-state index contributed by atoms with van der Waals surface area (Å²) >= 11 is 0. The Morgan fingerprint density at radius 1 is 1.22 bits per heavy atom. The molecular formula is C16H21NO. The molecule has 2 fully saturated rings. The Bertz CT molecular complexity index is 383. The number of fused-ring (bicyclic) bond motifs is 1. The number of ether oxygens (including phenoxy) is 1. The average molecular weight is 243 g/mol. The summed E-state index contributed by atoms with van der Waals surface area (Å²) in [5.41, 5.74) is 0. The van der Waals surface area contributed by atoms with E-state index in [0.29, 0.717) is 0 Å². The first-order valence-corrected chi connectivity index (χ1v) is 6.61. The zero-order valence-electron chi connectivity index (χ0n) is 11.0. The SMILES string of the molecule is C#CC.c1ccc(OCN2CC3CCC3C2)cc1. The van der Waals surface area contributed by atoms with Gasteiger partial charge in [-0.15, -0.1) is 12.3 Å². The Morgan fingerprint density at radius 3 is 2.28 bits per heavy atom. The lowest BCUT2D eigenvalue weighted by atomic mass is 9.77. The van der Waals surface area contributed by atoms with Crippen LogP contribution in [0.2, 0.25) is 0 Å². The molecule has 0 aromatic heterocycles. The molecule has 1 aliphatic carbocycles. The number of benzene rings is 1. The highest BCUT2D eigenvalue weighted by molar-refractivity contribution is 5.20. The van der Waals surface area contributed by atoms with E-state index in [1.54, 1.807) is 6.92 Å². The van der Waals surface area contributed by atoms with Crippen molar-refractivity contribution >= 4 is 0 Å². The van der Waals surface area contributed by atoms with Gasteiger partial charge in [-0.3, -0.25) is 4.90 Å². The number of terminal acetylenes is 1. The number of nitrogens with zero attached hydrogens (tertiary/aromatic N) is 1. The van der Waals surface area contributed by atoms with Crippen molar-refractivity contribution in [2.45, 2.75) is 19.8 Å². The van der Waals surface area contributed by atoms with Crippen LogP contribution >= 0.6 is 0 Å². The molecule has 0 N–H and O–H groups in total. The number of hydrogen-bond acceptors (Lipinski definition) is 2. The van der Waals surface area contributed by atoms with Gasteiger partial charge < -0.3 is 4.74 Å². The third kappa shape index (κ3) is 3.27. The predicted octanol–water partition coefficient (Wildman–Crippen LogP) is 3.00. The first kappa shape index (κ1) is 13.0. The fraction of sp³-hybridized carbons (Fsp3) is 0.500. The normalized spacial score (nSPS) is 25.1. The van der Waals surface area contributed by atoms with E-state index in [1.165, 1.54) is 25.9 Å². The van der Waals surface area contributed by atoms with Gasteiger partial charge in [0.25, 0.3) is 0 Å². The van der Waals surface area contributed by atoms with Crippen LogP contribution in [0.4, 0.5) is 0 Å². The lowest BCUT2D eigenvalue weighted by Crippen LogP contribution is -2.25. The summed E-state index contributed by atoms with van der Waals surface area (Å²) < 4.78 is 5.74. The molecule has 2 heteroatoms. The Hall–Kier alpha value is -1.46. The molecule has 96 valence electrons. The molecule has 0 amide bonds. The van der Waals surface area contributed by atoms with Crippen molar-refractivity contribution in [2.75, 3.05) is 19.8 Å². The van der Waals surface area contributed by atoms with Gasteiger partial charge in [-0.05, 0) is 43.7 Å². The molecule has 1 aliphatic heterocycles. The van der Waals surface area contributed by atoms with E-state index < -0.39 is 0 Å². The molecule has 1 saturated heterocycles. The van der Waals surface area contributed by atoms with E-state index in [2.05, 4.69) is 17.2 Å². The summed E-state index contributed by atoms with van der Waals surface area (Å²) in [6.07, 6.45) is 7.47. The van der Waals surface area contributed by atoms with Crippen LogP contribution in [-0.2, 0) is 0 Å². The van der Waals surface area contributed by atoms with Gasteiger partial charge >= 0.3 is 0 Å². The van der Waals surface area contributed by atoms with E-state index in [0.717, 1.165) is 24.3 Å². The van der Waals surface area contributed by atoms with Crippen LogP contribution in [0.1, 0.15) is 19.8 Å². The molecule has 2 nitrogen and oxygen atoms in total. The number of hydrogen-bond donors (Lipinski definition) is 0. The van der Waals surface area contributed by atoms with Gasteiger partial charge in [-0.25, -0.2) is 0 Å². The molecule has 0 spiro atoms. The summed E-state index contributed by atoms with van der Waals surface area (Å²) in [6, 6.07) is 10.1. The van der Waals surface area contributed by atoms with Gasteiger partial charge in [0, 0.05) is 13.1 Å². The van der Waals surface area contributed by atoms with E-state index in [9.17, 15) is 0 Å². The highest BCUT2D eigenvalue weighted by atomic mass is 16.5. The van der Waals surface area contributed by atoms with Gasteiger partial charge in [0.2, 0.25) is 0 Å². The summed E-state index contributed by atoms with van der Waals surface area (Å²) in [5, 5.41) is 0. The number of likely N-dealkylation sites (tertiary alicyclic amines) is 1. The van der Waals surface area contributed by atoms with Crippen LogP contribution < -0.4 is 4.74 Å². The van der Waals surface area contributed by atoms with Crippen molar-refractivity contribution in [1.82, 2.24) is 4.90 Å². The van der Waals surface area contributed by atoms with Crippen molar-refractivity contribution in [3.05, 3.63) is 30.3 Å². The highest BCUT2D eigenvalue weighted by Gasteiger charge is 2.39. The Labute approximate surface area is 110 Å². The summed E-state index contributed by atoms with van der Waals surface area (Å²) in [7, 11) is 0. The molecule has 0 radical (unpaired) electrons. The zero-order chi connectivity index (χ0) is 12.8. The third-order valence-corrected chi connectivity index (χ3v) is 3.72. The second-order valence-corrected chi connectivity index (χ2v) is 5.01. The standard InChI is InChI=1S/C13H17NO.C3H4/c1-2-4-13(5-3-1)15-10-14-8-11-6-7-12(11)9-14;1-3-2/h1-5,11-12H,6-10H2;1H,2H3. The third-order valence-electron chi connectivity index (χ3n) is 3.72. The number of para-hydroxylation sites is 1. The summed E-state index contributed by atoms with van der Waals surface area (Å²) in [5.74, 6) is 5.19. The van der Waals surface area contributed by atoms with Crippen molar-refractivity contribution in [2.24, 2.45) is 11.8 Å². The minimum atomic E-state index is 0.761. The van der Waals surface area contributed by atoms with Crippen molar-refractivity contribution < 1.29 is 4.74 Å². The fourth-order valence-electron chi connectivity index (χ4n) is 2.64. The first-order chi connectivity index (χ1) is 8.83. The van der Waals surface area contributed by atoms with Crippen LogP contribution in [0.3, 0.4) is 0 Å². The van der Waals surface area contributed by atoms with Crippen LogP contribution in [0.5, 0.6) is 5.75 Å². The smallest absolute Gasteiger partial charge is 0.142 e. The summed E-state index contributed by atoms with van der Waals surface area (Å²) in [4.78, 5) is 2.44. The fourth-order valence-corrected chi connectivity index (χ4v) is 2.64. The van der Waals surface area contributed by atoms with E-state index in [1.807, 2.05) is 30.3 Å². The molecule has 1 heterocycles. The molecule has 3 rings (SSSR count). The Kier molecular flexibility index (Phi) is 4.66. The molecule has 2 unspecified atom stereocenters. The van der Waals surface area contributed by atoms with E-state index >= 15 is 0 Å². The first-order valence-electron chi connectivity index (χ1n) is 6.61. The average Bonchev–Trinajstić information content (AvgIpc) is 2.65. The van der Waals surface area contributed by atoms with Gasteiger partial charge in [-0.1, -0.05) is 18.2 Å². The minimum absolute atomic E-state index is 0.761. The minimum Gasteiger partial charge on any atom is -0.478 e. The highest BCUT2D eigenvalue weighted by Crippen LogP contribution is 2.40. The lowest BCUT2D eigenvalue weighted by molar-refractivity contribution is 0.148. The van der Waals surface area contributed by atoms with Gasteiger partial charge in [0.05, 0.1) is 0 Å². The lowest BCUT2D eigenvalue weighted by Gasteiger charge is -2.28. The quantitative estimate of drug-likeness (QED) is 0.757. The van der Waals surface area contributed by atoms with Crippen LogP contribution in [0.15, 0.2) is 30.3 Å². The van der Waals surface area contributed by atoms with Gasteiger partial charge in [-0.2, -0.15) is 0 Å². The van der Waals surface area contributed by atoms with Crippen molar-refractivity contribution in [1.29, 1.82) is 0 Å².